The van der Waals surface area contributed by atoms with Crippen molar-refractivity contribution in [1.29, 1.82) is 0 Å². The monoisotopic (exact) mass is 574 g/mol. The van der Waals surface area contributed by atoms with Gasteiger partial charge in [0.15, 0.2) is 0 Å². The predicted molar refractivity (Wildman–Crippen MR) is 171 cm³/mol. The fraction of sp³-hybridized carbons (Fsp3) is 0.649. The first-order valence-electron chi connectivity index (χ1n) is 16.6. The molecule has 0 radical (unpaired) electrons. The van der Waals surface area contributed by atoms with Gasteiger partial charge in [0.2, 0.25) is 5.91 Å². The Balaban J connectivity index is 1.33. The van der Waals surface area contributed by atoms with Gasteiger partial charge in [-0.3, -0.25) is 4.79 Å². The number of ether oxygens (including phenoxy) is 2. The predicted octanol–water partition coefficient (Wildman–Crippen LogP) is 7.27. The summed E-state index contributed by atoms with van der Waals surface area (Å²) in [5, 5.41) is 0. The van der Waals surface area contributed by atoms with E-state index < -0.39 is 0 Å². The van der Waals surface area contributed by atoms with Crippen LogP contribution < -0.4 is 4.74 Å². The minimum atomic E-state index is -0.257. The Hall–Kier alpha value is -2.37. The van der Waals surface area contributed by atoms with Gasteiger partial charge >= 0.3 is 0 Å². The lowest BCUT2D eigenvalue weighted by atomic mass is 9.55. The summed E-state index contributed by atoms with van der Waals surface area (Å²) in [6, 6.07) is 19.6. The van der Waals surface area contributed by atoms with E-state index in [4.69, 9.17) is 9.47 Å². The van der Waals surface area contributed by atoms with Gasteiger partial charge in [-0.2, -0.15) is 0 Å². The van der Waals surface area contributed by atoms with Gasteiger partial charge in [-0.05, 0) is 99.4 Å². The molecule has 2 aromatic carbocycles. The standard InChI is InChI=1S/C37H54N2O3/c1-29(2)26-39(35(40)17-10-6-9-14-30-12-7-5-8-13-30)33-20-21-37(42-4)28-38(27-31-18-19-31)23-22-36(37,25-33)32-15-11-16-34(24-32)41-3/h5,7-8,11-13,15-16,24,29,31,33H,6,9-10,14,17-23,25-28H2,1-4H3/t33-,36-,37-/m0/s1. The van der Waals surface area contributed by atoms with Crippen molar-refractivity contribution in [2.24, 2.45) is 11.8 Å². The number of benzene rings is 2. The summed E-state index contributed by atoms with van der Waals surface area (Å²) in [7, 11) is 3.69. The van der Waals surface area contributed by atoms with Crippen LogP contribution in [0.2, 0.25) is 0 Å². The SMILES string of the molecule is COc1cccc([C@@]23CCN(CC4CC4)C[C@@]2(OC)CC[C@H](N(CC(C)C)C(=O)CCCCCc2ccccc2)C3)c1. The second kappa shape index (κ2) is 13.9. The molecule has 5 rings (SSSR count). The molecule has 5 heteroatoms. The zero-order valence-electron chi connectivity index (χ0n) is 26.7. The molecular weight excluding hydrogens is 520 g/mol. The number of likely N-dealkylation sites (tertiary alicyclic amines) is 1. The molecule has 1 aliphatic heterocycles. The summed E-state index contributed by atoms with van der Waals surface area (Å²) in [4.78, 5) is 18.9. The minimum Gasteiger partial charge on any atom is -0.497 e. The highest BCUT2D eigenvalue weighted by Crippen LogP contribution is 2.55. The minimum absolute atomic E-state index is 0.148. The number of rotatable bonds is 14. The third-order valence-corrected chi connectivity index (χ3v) is 10.4. The number of hydrogen-bond acceptors (Lipinski definition) is 4. The number of fused-ring (bicyclic) bond motifs is 1. The summed E-state index contributed by atoms with van der Waals surface area (Å²) in [5.74, 6) is 2.55. The highest BCUT2D eigenvalue weighted by molar-refractivity contribution is 5.76. The number of aryl methyl sites for hydroxylation is 1. The molecule has 1 amide bonds. The molecule has 2 aromatic rings. The molecule has 1 heterocycles. The van der Waals surface area contributed by atoms with E-state index in [1.165, 1.54) is 30.5 Å². The van der Waals surface area contributed by atoms with Crippen LogP contribution in [0.3, 0.4) is 0 Å². The first-order valence-corrected chi connectivity index (χ1v) is 16.6. The van der Waals surface area contributed by atoms with E-state index in [1.807, 2.05) is 13.2 Å². The molecule has 3 fully saturated rings. The molecule has 1 saturated heterocycles. The number of hydrogen-bond donors (Lipinski definition) is 0. The van der Waals surface area contributed by atoms with Crippen molar-refractivity contribution in [3.05, 3.63) is 65.7 Å². The van der Waals surface area contributed by atoms with E-state index in [1.54, 1.807) is 7.11 Å². The van der Waals surface area contributed by atoms with E-state index in [0.717, 1.165) is 82.7 Å². The number of nitrogens with zero attached hydrogens (tertiary/aromatic N) is 2. The molecule has 0 aromatic heterocycles. The summed E-state index contributed by atoms with van der Waals surface area (Å²) in [5.41, 5.74) is 2.30. The lowest BCUT2D eigenvalue weighted by molar-refractivity contribution is -0.163. The third-order valence-electron chi connectivity index (χ3n) is 10.4. The van der Waals surface area contributed by atoms with Crippen LogP contribution in [0, 0.1) is 11.8 Å². The molecule has 5 nitrogen and oxygen atoms in total. The summed E-state index contributed by atoms with van der Waals surface area (Å²) in [6.07, 6.45) is 11.7. The van der Waals surface area contributed by atoms with E-state index in [0.29, 0.717) is 18.2 Å². The third kappa shape index (κ3) is 7.05. The Kier molecular flexibility index (Phi) is 10.3. The number of unbranched alkanes of at least 4 members (excludes halogenated alkanes) is 2. The zero-order valence-corrected chi connectivity index (χ0v) is 26.7. The topological polar surface area (TPSA) is 42.0 Å². The average molecular weight is 575 g/mol. The van der Waals surface area contributed by atoms with Crippen LogP contribution in [0.25, 0.3) is 0 Å². The van der Waals surface area contributed by atoms with Crippen LogP contribution in [0.1, 0.15) is 89.2 Å². The van der Waals surface area contributed by atoms with Gasteiger partial charge in [-0.15, -0.1) is 0 Å². The fourth-order valence-electron chi connectivity index (χ4n) is 7.99. The van der Waals surface area contributed by atoms with E-state index >= 15 is 0 Å². The lowest BCUT2D eigenvalue weighted by Gasteiger charge is -2.61. The molecular formula is C37H54N2O3. The van der Waals surface area contributed by atoms with Gasteiger partial charge < -0.3 is 19.3 Å². The van der Waals surface area contributed by atoms with Crippen LogP contribution in [0.5, 0.6) is 5.75 Å². The molecule has 0 N–H and O–H groups in total. The zero-order chi connectivity index (χ0) is 29.6. The molecule has 2 saturated carbocycles. The number of methoxy groups -OCH3 is 2. The van der Waals surface area contributed by atoms with Crippen LogP contribution in [-0.4, -0.2) is 67.7 Å². The molecule has 2 aliphatic carbocycles. The Morgan fingerprint density at radius 1 is 1.00 bits per heavy atom. The number of carbonyl (C=O) groups is 1. The highest BCUT2D eigenvalue weighted by Gasteiger charge is 2.59. The highest BCUT2D eigenvalue weighted by atomic mass is 16.5. The van der Waals surface area contributed by atoms with E-state index in [2.05, 4.69) is 72.2 Å². The number of carbonyl (C=O) groups excluding carboxylic acids is 1. The lowest BCUT2D eigenvalue weighted by Crippen LogP contribution is -2.68. The second-order valence-corrected chi connectivity index (χ2v) is 13.8. The van der Waals surface area contributed by atoms with Crippen molar-refractivity contribution in [2.45, 2.75) is 102 Å². The Labute approximate surface area is 255 Å². The van der Waals surface area contributed by atoms with Gasteiger partial charge in [-0.25, -0.2) is 0 Å². The Morgan fingerprint density at radius 2 is 1.81 bits per heavy atom. The van der Waals surface area contributed by atoms with Crippen LogP contribution in [-0.2, 0) is 21.4 Å². The molecule has 0 spiro atoms. The van der Waals surface area contributed by atoms with Crippen molar-refractivity contribution in [1.82, 2.24) is 9.80 Å². The fourth-order valence-corrected chi connectivity index (χ4v) is 7.99. The van der Waals surface area contributed by atoms with Gasteiger partial charge in [0.1, 0.15) is 5.75 Å². The average Bonchev–Trinajstić information content (AvgIpc) is 3.83. The van der Waals surface area contributed by atoms with Crippen molar-refractivity contribution >= 4 is 5.91 Å². The van der Waals surface area contributed by atoms with Crippen LogP contribution in [0.4, 0.5) is 0 Å². The summed E-state index contributed by atoms with van der Waals surface area (Å²) >= 11 is 0. The van der Waals surface area contributed by atoms with Crippen molar-refractivity contribution in [2.75, 3.05) is 40.4 Å². The van der Waals surface area contributed by atoms with Crippen molar-refractivity contribution in [3.63, 3.8) is 0 Å². The molecule has 230 valence electrons. The molecule has 0 bridgehead atoms. The normalized spacial score (nSPS) is 26.2. The van der Waals surface area contributed by atoms with Crippen LogP contribution >= 0.6 is 0 Å². The molecule has 3 atom stereocenters. The van der Waals surface area contributed by atoms with Gasteiger partial charge in [0.25, 0.3) is 0 Å². The quantitative estimate of drug-likeness (QED) is 0.223. The molecule has 0 unspecified atom stereocenters. The maximum atomic E-state index is 13.9. The smallest absolute Gasteiger partial charge is 0.222 e. The number of piperidine rings is 1. The first kappa shape index (κ1) is 31.1. The van der Waals surface area contributed by atoms with Gasteiger partial charge in [0.05, 0.1) is 12.7 Å². The van der Waals surface area contributed by atoms with E-state index in [9.17, 15) is 4.79 Å². The maximum absolute atomic E-state index is 13.9. The molecule has 3 aliphatic rings. The Bertz CT molecular complexity index is 1150. The van der Waals surface area contributed by atoms with Crippen molar-refractivity contribution in [3.8, 4) is 5.75 Å². The van der Waals surface area contributed by atoms with Gasteiger partial charge in [-0.1, -0.05) is 62.7 Å². The molecule has 42 heavy (non-hydrogen) atoms. The van der Waals surface area contributed by atoms with Crippen LogP contribution in [0.15, 0.2) is 54.6 Å². The summed E-state index contributed by atoms with van der Waals surface area (Å²) < 4.78 is 12.4. The largest absolute Gasteiger partial charge is 0.497 e. The first-order chi connectivity index (χ1) is 20.4. The summed E-state index contributed by atoms with van der Waals surface area (Å²) in [6.45, 7) is 8.59. The van der Waals surface area contributed by atoms with E-state index in [-0.39, 0.29) is 17.1 Å². The van der Waals surface area contributed by atoms with Gasteiger partial charge in [0, 0.05) is 44.6 Å². The maximum Gasteiger partial charge on any atom is 0.222 e. The Morgan fingerprint density at radius 3 is 2.52 bits per heavy atom. The second-order valence-electron chi connectivity index (χ2n) is 13.8. The number of amides is 1. The van der Waals surface area contributed by atoms with Crippen molar-refractivity contribution < 1.29 is 14.3 Å².